The molecule has 0 unspecified atom stereocenters. The SMILES string of the molecule is Cc1ccc(OCc2ccncc2)c(-c2ccc(OCc3ccncc3)cc2)n1. The van der Waals surface area contributed by atoms with Crippen LogP contribution in [0.4, 0.5) is 0 Å². The van der Waals surface area contributed by atoms with Crippen molar-refractivity contribution >= 4 is 0 Å². The lowest BCUT2D eigenvalue weighted by molar-refractivity contribution is 0.305. The maximum atomic E-state index is 6.04. The Bertz CT molecular complexity index is 1050. The topological polar surface area (TPSA) is 57.1 Å². The largest absolute Gasteiger partial charge is 0.489 e. The molecule has 0 aliphatic rings. The van der Waals surface area contributed by atoms with Crippen molar-refractivity contribution in [3.05, 3.63) is 102 Å². The maximum Gasteiger partial charge on any atom is 0.146 e. The quantitative estimate of drug-likeness (QED) is 0.449. The van der Waals surface area contributed by atoms with E-state index in [2.05, 4.69) is 9.97 Å². The first kappa shape index (κ1) is 18.6. The highest BCUT2D eigenvalue weighted by molar-refractivity contribution is 5.67. The Kier molecular flexibility index (Phi) is 5.76. The molecule has 4 rings (SSSR count). The van der Waals surface area contributed by atoms with E-state index in [1.54, 1.807) is 24.8 Å². The molecule has 5 heteroatoms. The summed E-state index contributed by atoms with van der Waals surface area (Å²) in [5.41, 5.74) is 4.88. The van der Waals surface area contributed by atoms with E-state index < -0.39 is 0 Å². The standard InChI is InChI=1S/C24H21N3O2/c1-18-2-7-23(29-17-20-10-14-26-15-11-20)24(27-18)21-3-5-22(6-4-21)28-16-19-8-12-25-13-9-19/h2-15H,16-17H2,1H3. The maximum absolute atomic E-state index is 6.04. The molecule has 0 atom stereocenters. The third-order valence-corrected chi connectivity index (χ3v) is 4.42. The number of rotatable bonds is 7. The van der Waals surface area contributed by atoms with Gasteiger partial charge in [0.05, 0.1) is 0 Å². The number of nitrogens with zero attached hydrogens (tertiary/aromatic N) is 3. The molecule has 5 nitrogen and oxygen atoms in total. The minimum absolute atomic E-state index is 0.466. The van der Waals surface area contributed by atoms with Gasteiger partial charge in [0.15, 0.2) is 0 Å². The first-order chi connectivity index (χ1) is 14.3. The molecule has 0 aliphatic carbocycles. The predicted octanol–water partition coefficient (Wildman–Crippen LogP) is 5.01. The molecule has 0 radical (unpaired) electrons. The molecule has 0 aliphatic heterocycles. The number of aromatic nitrogens is 3. The molecule has 0 saturated carbocycles. The fraction of sp³-hybridized carbons (Fsp3) is 0.125. The molecule has 0 spiro atoms. The Morgan fingerprint density at radius 1 is 0.655 bits per heavy atom. The predicted molar refractivity (Wildman–Crippen MR) is 112 cm³/mol. The van der Waals surface area contributed by atoms with Gasteiger partial charge in [-0.15, -0.1) is 0 Å². The third kappa shape index (κ3) is 4.96. The summed E-state index contributed by atoms with van der Waals surface area (Å²) < 4.78 is 11.9. The minimum atomic E-state index is 0.466. The van der Waals surface area contributed by atoms with Crippen LogP contribution in [0.15, 0.2) is 85.5 Å². The highest BCUT2D eigenvalue weighted by Crippen LogP contribution is 2.30. The van der Waals surface area contributed by atoms with Crippen LogP contribution in [0, 0.1) is 6.92 Å². The summed E-state index contributed by atoms with van der Waals surface area (Å²) in [6.07, 6.45) is 7.05. The number of pyridine rings is 3. The number of aryl methyl sites for hydroxylation is 1. The second kappa shape index (κ2) is 8.97. The molecule has 144 valence electrons. The number of hydrogen-bond acceptors (Lipinski definition) is 5. The van der Waals surface area contributed by atoms with Crippen molar-refractivity contribution in [2.75, 3.05) is 0 Å². The van der Waals surface area contributed by atoms with Crippen molar-refractivity contribution < 1.29 is 9.47 Å². The molecule has 0 N–H and O–H groups in total. The van der Waals surface area contributed by atoms with E-state index in [9.17, 15) is 0 Å². The molecular weight excluding hydrogens is 362 g/mol. The van der Waals surface area contributed by atoms with Gasteiger partial charge < -0.3 is 9.47 Å². The molecule has 29 heavy (non-hydrogen) atoms. The Hall–Kier alpha value is -3.73. The van der Waals surface area contributed by atoms with Crippen LogP contribution in [0.2, 0.25) is 0 Å². The van der Waals surface area contributed by atoms with Crippen LogP contribution in [-0.4, -0.2) is 15.0 Å². The van der Waals surface area contributed by atoms with Gasteiger partial charge in [-0.2, -0.15) is 0 Å². The molecular formula is C24H21N3O2. The highest BCUT2D eigenvalue weighted by Gasteiger charge is 2.10. The van der Waals surface area contributed by atoms with Gasteiger partial charge in [-0.1, -0.05) is 0 Å². The lowest BCUT2D eigenvalue weighted by atomic mass is 10.1. The summed E-state index contributed by atoms with van der Waals surface area (Å²) in [5, 5.41) is 0. The first-order valence-corrected chi connectivity index (χ1v) is 9.39. The molecule has 3 aromatic heterocycles. The number of benzene rings is 1. The van der Waals surface area contributed by atoms with Gasteiger partial charge in [-0.05, 0) is 78.7 Å². The Morgan fingerprint density at radius 3 is 1.86 bits per heavy atom. The van der Waals surface area contributed by atoms with Gasteiger partial charge in [0.1, 0.15) is 30.4 Å². The van der Waals surface area contributed by atoms with Crippen LogP contribution in [0.5, 0.6) is 11.5 Å². The fourth-order valence-corrected chi connectivity index (χ4v) is 2.86. The van der Waals surface area contributed by atoms with Crippen LogP contribution in [-0.2, 0) is 13.2 Å². The molecule has 0 amide bonds. The average molecular weight is 383 g/mol. The second-order valence-corrected chi connectivity index (χ2v) is 6.61. The lowest BCUT2D eigenvalue weighted by Gasteiger charge is -2.12. The van der Waals surface area contributed by atoms with Crippen molar-refractivity contribution in [3.63, 3.8) is 0 Å². The van der Waals surface area contributed by atoms with Crippen molar-refractivity contribution in [1.29, 1.82) is 0 Å². The van der Waals surface area contributed by atoms with Crippen LogP contribution < -0.4 is 9.47 Å². The Morgan fingerprint density at radius 2 is 1.24 bits per heavy atom. The summed E-state index contributed by atoms with van der Waals surface area (Å²) in [7, 11) is 0. The van der Waals surface area contributed by atoms with Crippen molar-refractivity contribution in [2.24, 2.45) is 0 Å². The summed E-state index contributed by atoms with van der Waals surface area (Å²) >= 11 is 0. The van der Waals surface area contributed by atoms with Crippen molar-refractivity contribution in [3.8, 4) is 22.8 Å². The molecule has 0 saturated heterocycles. The smallest absolute Gasteiger partial charge is 0.146 e. The highest BCUT2D eigenvalue weighted by atomic mass is 16.5. The third-order valence-electron chi connectivity index (χ3n) is 4.42. The Labute approximate surface area is 170 Å². The Balaban J connectivity index is 1.49. The van der Waals surface area contributed by atoms with E-state index in [-0.39, 0.29) is 0 Å². The van der Waals surface area contributed by atoms with Crippen molar-refractivity contribution in [2.45, 2.75) is 20.1 Å². The van der Waals surface area contributed by atoms with Crippen LogP contribution in [0.1, 0.15) is 16.8 Å². The molecule has 0 fully saturated rings. The van der Waals surface area contributed by atoms with E-state index in [0.29, 0.717) is 13.2 Å². The summed E-state index contributed by atoms with van der Waals surface area (Å²) in [5.74, 6) is 1.55. The van der Waals surface area contributed by atoms with E-state index in [0.717, 1.165) is 39.6 Å². The van der Waals surface area contributed by atoms with E-state index in [1.165, 1.54) is 0 Å². The summed E-state index contributed by atoms with van der Waals surface area (Å²) in [6.45, 7) is 2.95. The van der Waals surface area contributed by atoms with Crippen molar-refractivity contribution in [1.82, 2.24) is 15.0 Å². The van der Waals surface area contributed by atoms with E-state index >= 15 is 0 Å². The first-order valence-electron chi connectivity index (χ1n) is 9.39. The van der Waals surface area contributed by atoms with E-state index in [4.69, 9.17) is 14.5 Å². The van der Waals surface area contributed by atoms with E-state index in [1.807, 2.05) is 67.6 Å². The normalized spacial score (nSPS) is 10.5. The van der Waals surface area contributed by atoms with Crippen LogP contribution in [0.3, 0.4) is 0 Å². The van der Waals surface area contributed by atoms with Crippen LogP contribution >= 0.6 is 0 Å². The number of hydrogen-bond donors (Lipinski definition) is 0. The monoisotopic (exact) mass is 383 g/mol. The van der Waals surface area contributed by atoms with Gasteiger partial charge in [0, 0.05) is 36.0 Å². The molecule has 1 aromatic carbocycles. The van der Waals surface area contributed by atoms with Gasteiger partial charge in [-0.3, -0.25) is 9.97 Å². The molecule has 4 aromatic rings. The lowest BCUT2D eigenvalue weighted by Crippen LogP contribution is -1.99. The molecule has 0 bridgehead atoms. The second-order valence-electron chi connectivity index (χ2n) is 6.61. The molecule has 3 heterocycles. The van der Waals surface area contributed by atoms with Gasteiger partial charge >= 0.3 is 0 Å². The fourth-order valence-electron chi connectivity index (χ4n) is 2.86. The zero-order valence-corrected chi connectivity index (χ0v) is 16.2. The van der Waals surface area contributed by atoms with Crippen LogP contribution in [0.25, 0.3) is 11.3 Å². The zero-order valence-electron chi connectivity index (χ0n) is 16.2. The zero-order chi connectivity index (χ0) is 19.9. The number of ether oxygens (including phenoxy) is 2. The van der Waals surface area contributed by atoms with Gasteiger partial charge in [0.2, 0.25) is 0 Å². The minimum Gasteiger partial charge on any atom is -0.489 e. The van der Waals surface area contributed by atoms with Gasteiger partial charge in [0.25, 0.3) is 0 Å². The van der Waals surface area contributed by atoms with Gasteiger partial charge in [-0.25, -0.2) is 4.98 Å². The summed E-state index contributed by atoms with van der Waals surface area (Å²) in [4.78, 5) is 12.7. The summed E-state index contributed by atoms with van der Waals surface area (Å²) in [6, 6.07) is 19.6. The average Bonchev–Trinajstić information content (AvgIpc) is 2.78.